The molecule has 0 radical (unpaired) electrons. The number of hydrogen-bond acceptors (Lipinski definition) is 5. The normalized spacial score (nSPS) is 12.0. The first kappa shape index (κ1) is 20.0. The van der Waals surface area contributed by atoms with E-state index in [9.17, 15) is 13.2 Å². The number of alkyl halides is 3. The molecule has 0 aliphatic heterocycles. The molecule has 10 heteroatoms. The number of imidazole rings is 1. The summed E-state index contributed by atoms with van der Waals surface area (Å²) in [5, 5.41) is 10.5. The minimum Gasteiger partial charge on any atom is -0.341 e. The van der Waals surface area contributed by atoms with Gasteiger partial charge in [0.1, 0.15) is 5.82 Å². The van der Waals surface area contributed by atoms with Crippen molar-refractivity contribution in [2.75, 3.05) is 12.4 Å². The highest BCUT2D eigenvalue weighted by atomic mass is 19.4. The molecule has 7 nitrogen and oxygen atoms in total. The molecule has 0 saturated heterocycles. The van der Waals surface area contributed by atoms with Gasteiger partial charge in [-0.1, -0.05) is 12.1 Å². The predicted molar refractivity (Wildman–Crippen MR) is 116 cm³/mol. The average molecular weight is 437 g/mol. The van der Waals surface area contributed by atoms with Crippen LogP contribution in [0.3, 0.4) is 0 Å². The van der Waals surface area contributed by atoms with Gasteiger partial charge in [0, 0.05) is 11.3 Å². The highest BCUT2D eigenvalue weighted by molar-refractivity contribution is 5.81. The molecule has 2 aromatic carbocycles. The molecule has 0 aliphatic rings. The number of pyridine rings is 1. The van der Waals surface area contributed by atoms with Crippen molar-refractivity contribution in [3.05, 3.63) is 72.1 Å². The van der Waals surface area contributed by atoms with Crippen molar-refractivity contribution in [1.29, 1.82) is 0 Å². The summed E-state index contributed by atoms with van der Waals surface area (Å²) in [5.74, 6) is 1.14. The molecule has 0 amide bonds. The Morgan fingerprint density at radius 3 is 2.56 bits per heavy atom. The summed E-state index contributed by atoms with van der Waals surface area (Å²) in [5.41, 5.74) is 3.89. The molecule has 162 valence electrons. The van der Waals surface area contributed by atoms with Crippen LogP contribution in [0.25, 0.3) is 27.9 Å². The molecule has 0 spiro atoms. The second kappa shape index (κ2) is 7.65. The zero-order chi connectivity index (χ0) is 22.3. The number of nitrogens with one attached hydrogen (secondary N) is 3. The largest absolute Gasteiger partial charge is 0.416 e. The van der Waals surface area contributed by atoms with E-state index >= 15 is 0 Å². The quantitative estimate of drug-likeness (QED) is 0.370. The van der Waals surface area contributed by atoms with Crippen molar-refractivity contribution < 1.29 is 13.2 Å². The maximum atomic E-state index is 12.8. The fraction of sp³-hybridized carbons (Fsp3) is 0.136. The SMILES string of the molecule is CNCc1nc2ccc(-c3cccc4nc(Nc5ccc(C(F)(F)F)cc5)nn34)cc2[nH]1. The first-order valence-electron chi connectivity index (χ1n) is 9.84. The molecule has 5 aromatic rings. The van der Waals surface area contributed by atoms with E-state index in [0.717, 1.165) is 40.2 Å². The number of anilines is 2. The van der Waals surface area contributed by atoms with Crippen molar-refractivity contribution in [2.24, 2.45) is 0 Å². The van der Waals surface area contributed by atoms with Crippen LogP contribution in [0.4, 0.5) is 24.8 Å². The number of rotatable bonds is 5. The van der Waals surface area contributed by atoms with Crippen molar-refractivity contribution in [3.8, 4) is 11.3 Å². The maximum Gasteiger partial charge on any atom is 0.416 e. The van der Waals surface area contributed by atoms with Gasteiger partial charge >= 0.3 is 6.18 Å². The minimum atomic E-state index is -4.38. The van der Waals surface area contributed by atoms with Gasteiger partial charge in [-0.3, -0.25) is 0 Å². The number of H-pyrrole nitrogens is 1. The summed E-state index contributed by atoms with van der Waals surface area (Å²) in [6, 6.07) is 16.3. The molecule has 0 saturated carbocycles. The van der Waals surface area contributed by atoms with Gasteiger partial charge in [-0.05, 0) is 55.6 Å². The Kier molecular flexibility index (Phi) is 4.78. The number of aromatic nitrogens is 5. The summed E-state index contributed by atoms with van der Waals surface area (Å²) in [7, 11) is 1.86. The third-order valence-corrected chi connectivity index (χ3v) is 5.00. The molecule has 0 atom stereocenters. The van der Waals surface area contributed by atoms with E-state index in [1.165, 1.54) is 12.1 Å². The maximum absolute atomic E-state index is 12.8. The van der Waals surface area contributed by atoms with Gasteiger partial charge in [0.2, 0.25) is 5.95 Å². The molecule has 0 fully saturated rings. The molecule has 5 rings (SSSR count). The van der Waals surface area contributed by atoms with Crippen LogP contribution in [-0.4, -0.2) is 31.6 Å². The number of halogens is 3. The Morgan fingerprint density at radius 2 is 1.81 bits per heavy atom. The molecule has 0 aliphatic carbocycles. The predicted octanol–water partition coefficient (Wildman–Crippen LogP) is 4.75. The van der Waals surface area contributed by atoms with Gasteiger partial charge in [-0.2, -0.15) is 18.2 Å². The lowest BCUT2D eigenvalue weighted by molar-refractivity contribution is -0.137. The van der Waals surface area contributed by atoms with E-state index in [1.54, 1.807) is 4.52 Å². The fourth-order valence-corrected chi connectivity index (χ4v) is 3.52. The highest BCUT2D eigenvalue weighted by Gasteiger charge is 2.30. The van der Waals surface area contributed by atoms with Gasteiger partial charge in [-0.25, -0.2) is 9.50 Å². The van der Waals surface area contributed by atoms with E-state index in [2.05, 4.69) is 30.7 Å². The zero-order valence-electron chi connectivity index (χ0n) is 16.9. The number of fused-ring (bicyclic) bond motifs is 2. The lowest BCUT2D eigenvalue weighted by atomic mass is 10.1. The Balaban J connectivity index is 1.47. The Labute approximate surface area is 180 Å². The second-order valence-corrected chi connectivity index (χ2v) is 7.26. The molecule has 3 heterocycles. The summed E-state index contributed by atoms with van der Waals surface area (Å²) >= 11 is 0. The smallest absolute Gasteiger partial charge is 0.341 e. The molecular weight excluding hydrogens is 419 g/mol. The number of benzene rings is 2. The van der Waals surface area contributed by atoms with Crippen LogP contribution < -0.4 is 10.6 Å². The van der Waals surface area contributed by atoms with E-state index < -0.39 is 11.7 Å². The van der Waals surface area contributed by atoms with Crippen LogP contribution in [0.5, 0.6) is 0 Å². The number of nitrogens with zero attached hydrogens (tertiary/aromatic N) is 4. The van der Waals surface area contributed by atoms with E-state index in [1.807, 2.05) is 43.4 Å². The third kappa shape index (κ3) is 3.76. The summed E-state index contributed by atoms with van der Waals surface area (Å²) in [4.78, 5) is 12.3. The summed E-state index contributed by atoms with van der Waals surface area (Å²) in [6.07, 6.45) is -4.38. The van der Waals surface area contributed by atoms with Crippen LogP contribution in [0, 0.1) is 0 Å². The fourth-order valence-electron chi connectivity index (χ4n) is 3.52. The third-order valence-electron chi connectivity index (χ3n) is 5.00. The van der Waals surface area contributed by atoms with Crippen LogP contribution in [0.15, 0.2) is 60.7 Å². The second-order valence-electron chi connectivity index (χ2n) is 7.26. The zero-order valence-corrected chi connectivity index (χ0v) is 16.9. The topological polar surface area (TPSA) is 82.9 Å². The van der Waals surface area contributed by atoms with Crippen LogP contribution in [0.2, 0.25) is 0 Å². The van der Waals surface area contributed by atoms with Crippen molar-refractivity contribution in [3.63, 3.8) is 0 Å². The molecule has 3 N–H and O–H groups in total. The van der Waals surface area contributed by atoms with Gasteiger partial charge < -0.3 is 15.6 Å². The Hall–Kier alpha value is -3.92. The summed E-state index contributed by atoms with van der Waals surface area (Å²) in [6.45, 7) is 0.641. The highest BCUT2D eigenvalue weighted by Crippen LogP contribution is 2.30. The van der Waals surface area contributed by atoms with Crippen LogP contribution in [0.1, 0.15) is 11.4 Å². The lowest BCUT2D eigenvalue weighted by Crippen LogP contribution is -2.06. The standard InChI is InChI=1S/C22H18F3N7/c1-26-12-19-28-16-10-5-13(11-17(16)29-19)18-3-2-4-20-30-21(31-32(18)20)27-15-8-6-14(7-9-15)22(23,24)25/h2-11,26H,12H2,1H3,(H,27,31)(H,28,29). The van der Waals surface area contributed by atoms with Crippen molar-refractivity contribution in [2.45, 2.75) is 12.7 Å². The van der Waals surface area contributed by atoms with E-state index in [0.29, 0.717) is 17.9 Å². The molecular formula is C22H18F3N7. The number of hydrogen-bond donors (Lipinski definition) is 3. The van der Waals surface area contributed by atoms with Crippen LogP contribution >= 0.6 is 0 Å². The van der Waals surface area contributed by atoms with Crippen molar-refractivity contribution in [1.82, 2.24) is 29.9 Å². The summed E-state index contributed by atoms with van der Waals surface area (Å²) < 4.78 is 40.0. The Morgan fingerprint density at radius 1 is 1.00 bits per heavy atom. The first-order valence-corrected chi connectivity index (χ1v) is 9.84. The van der Waals surface area contributed by atoms with Gasteiger partial charge in [0.05, 0.1) is 28.8 Å². The van der Waals surface area contributed by atoms with E-state index in [-0.39, 0.29) is 5.95 Å². The lowest BCUT2D eigenvalue weighted by Gasteiger charge is -2.07. The minimum absolute atomic E-state index is 0.288. The average Bonchev–Trinajstić information content (AvgIpc) is 3.35. The monoisotopic (exact) mass is 437 g/mol. The molecule has 0 unspecified atom stereocenters. The van der Waals surface area contributed by atoms with Gasteiger partial charge in [0.15, 0.2) is 5.65 Å². The Bertz CT molecular complexity index is 1400. The first-order chi connectivity index (χ1) is 15.4. The van der Waals surface area contributed by atoms with Gasteiger partial charge in [-0.15, -0.1) is 5.10 Å². The van der Waals surface area contributed by atoms with Crippen LogP contribution in [-0.2, 0) is 12.7 Å². The molecule has 0 bridgehead atoms. The van der Waals surface area contributed by atoms with Crippen molar-refractivity contribution >= 4 is 28.3 Å². The van der Waals surface area contributed by atoms with E-state index in [4.69, 9.17) is 0 Å². The molecule has 32 heavy (non-hydrogen) atoms. The van der Waals surface area contributed by atoms with Gasteiger partial charge in [0.25, 0.3) is 0 Å². The molecule has 3 aromatic heterocycles. The number of aromatic amines is 1.